The molecule has 0 radical (unpaired) electrons. The van der Waals surface area contributed by atoms with Gasteiger partial charge in [-0.3, -0.25) is 4.79 Å². The number of nitrogens with two attached hydrogens (primary N) is 1. The molecule has 1 amide bonds. The van der Waals surface area contributed by atoms with E-state index in [0.717, 1.165) is 12.8 Å². The van der Waals surface area contributed by atoms with Crippen molar-refractivity contribution >= 4 is 29.9 Å². The molecule has 2 N–H and O–H groups in total. The van der Waals surface area contributed by atoms with E-state index in [2.05, 4.69) is 15.5 Å². The zero-order chi connectivity index (χ0) is 14.8. The van der Waals surface area contributed by atoms with E-state index < -0.39 is 0 Å². The molecule has 1 aromatic carbocycles. The van der Waals surface area contributed by atoms with Crippen LogP contribution in [0.4, 0.5) is 0 Å². The minimum absolute atomic E-state index is 0. The van der Waals surface area contributed by atoms with Crippen LogP contribution in [0.15, 0.2) is 24.5 Å². The number of aromatic nitrogens is 4. The Labute approximate surface area is 138 Å². The third-order valence-corrected chi connectivity index (χ3v) is 3.76. The van der Waals surface area contributed by atoms with Gasteiger partial charge in [-0.2, -0.15) is 4.68 Å². The largest absolute Gasteiger partial charge is 0.337 e. The molecule has 3 rings (SSSR count). The maximum Gasteiger partial charge on any atom is 0.256 e. The van der Waals surface area contributed by atoms with Gasteiger partial charge in [-0.1, -0.05) is 11.6 Å². The predicted molar refractivity (Wildman–Crippen MR) is 84.5 cm³/mol. The van der Waals surface area contributed by atoms with Gasteiger partial charge < -0.3 is 10.6 Å². The summed E-state index contributed by atoms with van der Waals surface area (Å²) in [6.45, 7) is 1.26. The molecule has 1 saturated heterocycles. The van der Waals surface area contributed by atoms with Gasteiger partial charge in [0.05, 0.1) is 11.3 Å². The lowest BCUT2D eigenvalue weighted by Crippen LogP contribution is -2.45. The Morgan fingerprint density at radius 1 is 1.41 bits per heavy atom. The van der Waals surface area contributed by atoms with Crippen molar-refractivity contribution in [2.75, 3.05) is 13.1 Å². The van der Waals surface area contributed by atoms with Crippen molar-refractivity contribution in [2.45, 2.75) is 18.9 Å². The summed E-state index contributed by atoms with van der Waals surface area (Å²) in [5.74, 6) is -0.0989. The average molecular weight is 343 g/mol. The van der Waals surface area contributed by atoms with Crippen molar-refractivity contribution < 1.29 is 4.79 Å². The van der Waals surface area contributed by atoms with E-state index in [9.17, 15) is 4.79 Å². The van der Waals surface area contributed by atoms with E-state index >= 15 is 0 Å². The molecule has 1 fully saturated rings. The van der Waals surface area contributed by atoms with Crippen molar-refractivity contribution in [1.82, 2.24) is 25.1 Å². The first-order chi connectivity index (χ1) is 10.1. The monoisotopic (exact) mass is 342 g/mol. The van der Waals surface area contributed by atoms with E-state index in [1.807, 2.05) is 0 Å². The SMILES string of the molecule is Cl.NC1CCCN(C(=O)c2cc(Cl)ccc2-n2cnnn2)C1. The summed E-state index contributed by atoms with van der Waals surface area (Å²) < 4.78 is 1.45. The van der Waals surface area contributed by atoms with Crippen LogP contribution >= 0.6 is 24.0 Å². The minimum atomic E-state index is -0.0989. The number of hydrogen-bond donors (Lipinski definition) is 1. The van der Waals surface area contributed by atoms with Crippen LogP contribution in [-0.2, 0) is 0 Å². The zero-order valence-electron chi connectivity index (χ0n) is 11.7. The molecular weight excluding hydrogens is 327 g/mol. The molecule has 2 heterocycles. The van der Waals surface area contributed by atoms with E-state index in [-0.39, 0.29) is 24.4 Å². The Morgan fingerprint density at radius 3 is 2.91 bits per heavy atom. The molecule has 0 aliphatic carbocycles. The Morgan fingerprint density at radius 2 is 2.23 bits per heavy atom. The number of rotatable bonds is 2. The number of piperidine rings is 1. The van der Waals surface area contributed by atoms with Crippen molar-refractivity contribution in [3.05, 3.63) is 35.1 Å². The lowest BCUT2D eigenvalue weighted by atomic mass is 10.0. The van der Waals surface area contributed by atoms with Crippen molar-refractivity contribution in [2.24, 2.45) is 5.73 Å². The summed E-state index contributed by atoms with van der Waals surface area (Å²) in [6, 6.07) is 5.10. The summed E-state index contributed by atoms with van der Waals surface area (Å²) >= 11 is 6.03. The predicted octanol–water partition coefficient (Wildman–Crippen LogP) is 1.30. The maximum atomic E-state index is 12.7. The Bertz CT molecular complexity index is 648. The molecular formula is C13H16Cl2N6O. The molecule has 0 saturated carbocycles. The third kappa shape index (κ3) is 3.37. The number of carbonyl (C=O) groups excluding carboxylic acids is 1. The molecule has 7 nitrogen and oxygen atoms in total. The number of benzene rings is 1. The number of amides is 1. The summed E-state index contributed by atoms with van der Waals surface area (Å²) in [7, 11) is 0. The molecule has 0 spiro atoms. The topological polar surface area (TPSA) is 89.9 Å². The standard InChI is InChI=1S/C13H15ClN6O.ClH/c14-9-3-4-12(20-8-16-17-18-20)11(6-9)13(21)19-5-1-2-10(15)7-19;/h3-4,6,8,10H,1-2,5,7,15H2;1H. The Kier molecular flexibility index (Phi) is 5.33. The van der Waals surface area contributed by atoms with Crippen LogP contribution in [0.5, 0.6) is 0 Å². The lowest BCUT2D eigenvalue weighted by molar-refractivity contribution is 0.0708. The number of likely N-dealkylation sites (tertiary alicyclic amines) is 1. The van der Waals surface area contributed by atoms with E-state index in [1.165, 1.54) is 11.0 Å². The first-order valence-corrected chi connectivity index (χ1v) is 7.11. The van der Waals surface area contributed by atoms with Crippen LogP contribution in [0, 0.1) is 0 Å². The third-order valence-electron chi connectivity index (χ3n) is 3.53. The van der Waals surface area contributed by atoms with Crippen LogP contribution in [0.3, 0.4) is 0 Å². The van der Waals surface area contributed by atoms with E-state index in [0.29, 0.717) is 29.4 Å². The summed E-state index contributed by atoms with van der Waals surface area (Å²) in [5.41, 5.74) is 7.03. The van der Waals surface area contributed by atoms with Gasteiger partial charge in [-0.15, -0.1) is 17.5 Å². The number of carbonyl (C=O) groups is 1. The minimum Gasteiger partial charge on any atom is -0.337 e. The van der Waals surface area contributed by atoms with Gasteiger partial charge >= 0.3 is 0 Å². The van der Waals surface area contributed by atoms with E-state index in [1.54, 1.807) is 23.1 Å². The molecule has 9 heteroatoms. The molecule has 1 unspecified atom stereocenters. The van der Waals surface area contributed by atoms with Crippen LogP contribution < -0.4 is 5.73 Å². The van der Waals surface area contributed by atoms with Gasteiger partial charge in [0.2, 0.25) is 0 Å². The molecule has 0 bridgehead atoms. The van der Waals surface area contributed by atoms with Gasteiger partial charge in [0.15, 0.2) is 0 Å². The maximum absolute atomic E-state index is 12.7. The fourth-order valence-electron chi connectivity index (χ4n) is 2.52. The molecule has 118 valence electrons. The molecule has 1 atom stereocenters. The van der Waals surface area contributed by atoms with Gasteiger partial charge in [-0.25, -0.2) is 0 Å². The summed E-state index contributed by atoms with van der Waals surface area (Å²) in [6.07, 6.45) is 3.30. The Balaban J connectivity index is 0.00000176. The fraction of sp³-hybridized carbons (Fsp3) is 0.385. The van der Waals surface area contributed by atoms with Crippen molar-refractivity contribution in [1.29, 1.82) is 0 Å². The lowest BCUT2D eigenvalue weighted by Gasteiger charge is -2.31. The summed E-state index contributed by atoms with van der Waals surface area (Å²) in [4.78, 5) is 14.5. The normalized spacial score (nSPS) is 17.9. The average Bonchev–Trinajstić information content (AvgIpc) is 3.00. The van der Waals surface area contributed by atoms with Crippen LogP contribution in [0.25, 0.3) is 5.69 Å². The summed E-state index contributed by atoms with van der Waals surface area (Å²) in [5, 5.41) is 11.5. The van der Waals surface area contributed by atoms with Gasteiger partial charge in [0.1, 0.15) is 6.33 Å². The number of hydrogen-bond acceptors (Lipinski definition) is 5. The molecule has 1 aliphatic heterocycles. The second-order valence-electron chi connectivity index (χ2n) is 5.07. The fourth-order valence-corrected chi connectivity index (χ4v) is 2.69. The first kappa shape index (κ1) is 16.7. The first-order valence-electron chi connectivity index (χ1n) is 6.73. The highest BCUT2D eigenvalue weighted by molar-refractivity contribution is 6.31. The molecule has 2 aromatic rings. The van der Waals surface area contributed by atoms with Crippen LogP contribution in [-0.4, -0.2) is 50.1 Å². The highest BCUT2D eigenvalue weighted by atomic mass is 35.5. The van der Waals surface area contributed by atoms with Crippen molar-refractivity contribution in [3.8, 4) is 5.69 Å². The highest BCUT2D eigenvalue weighted by Crippen LogP contribution is 2.22. The van der Waals surface area contributed by atoms with Gasteiger partial charge in [0, 0.05) is 24.2 Å². The van der Waals surface area contributed by atoms with Crippen LogP contribution in [0.2, 0.25) is 5.02 Å². The molecule has 1 aromatic heterocycles. The Hall–Kier alpha value is -1.70. The number of nitrogens with zero attached hydrogens (tertiary/aromatic N) is 5. The number of halogens is 2. The van der Waals surface area contributed by atoms with Crippen molar-refractivity contribution in [3.63, 3.8) is 0 Å². The smallest absolute Gasteiger partial charge is 0.256 e. The van der Waals surface area contributed by atoms with Gasteiger partial charge in [-0.05, 0) is 41.5 Å². The highest BCUT2D eigenvalue weighted by Gasteiger charge is 2.25. The molecule has 1 aliphatic rings. The van der Waals surface area contributed by atoms with Gasteiger partial charge in [0.25, 0.3) is 5.91 Å². The zero-order valence-corrected chi connectivity index (χ0v) is 13.3. The van der Waals surface area contributed by atoms with Crippen LogP contribution in [0.1, 0.15) is 23.2 Å². The second kappa shape index (κ2) is 7.04. The second-order valence-corrected chi connectivity index (χ2v) is 5.51. The number of tetrazole rings is 1. The molecule has 22 heavy (non-hydrogen) atoms. The van der Waals surface area contributed by atoms with E-state index in [4.69, 9.17) is 17.3 Å². The quantitative estimate of drug-likeness (QED) is 0.888.